The van der Waals surface area contributed by atoms with Gasteiger partial charge in [-0.05, 0) is 18.9 Å². The molecule has 3 nitrogen and oxygen atoms in total. The third kappa shape index (κ3) is 1.99. The molecule has 0 unspecified atom stereocenters. The summed E-state index contributed by atoms with van der Waals surface area (Å²) in [5, 5.41) is 9.01. The number of aliphatic hydroxyl groups excluding tert-OH is 1. The minimum absolute atomic E-state index is 0.0477. The van der Waals surface area contributed by atoms with Crippen molar-refractivity contribution in [1.29, 1.82) is 0 Å². The first kappa shape index (κ1) is 10.9. The Kier molecular flexibility index (Phi) is 3.06. The smallest absolute Gasteiger partial charge is 0.132 e. The van der Waals surface area contributed by atoms with Gasteiger partial charge in [-0.15, -0.1) is 0 Å². The number of hydrogen-bond acceptors (Lipinski definition) is 2. The number of hydrogen-bond donors (Lipinski definition) is 2. The molecule has 0 saturated heterocycles. The summed E-state index contributed by atoms with van der Waals surface area (Å²) in [6, 6.07) is 8.37. The van der Waals surface area contributed by atoms with Gasteiger partial charge in [0, 0.05) is 11.3 Å². The van der Waals surface area contributed by atoms with Crippen LogP contribution in [0.2, 0.25) is 0 Å². The van der Waals surface area contributed by atoms with Crippen LogP contribution in [0.25, 0.3) is 11.3 Å². The van der Waals surface area contributed by atoms with Crippen molar-refractivity contribution in [2.24, 2.45) is 0 Å². The lowest BCUT2D eigenvalue weighted by Gasteiger charge is -2.00. The van der Waals surface area contributed by atoms with E-state index in [1.54, 1.807) is 0 Å². The number of aryl methyl sites for hydroxylation is 2. The van der Waals surface area contributed by atoms with Gasteiger partial charge in [-0.1, -0.05) is 31.2 Å². The quantitative estimate of drug-likeness (QED) is 0.827. The van der Waals surface area contributed by atoms with Crippen LogP contribution < -0.4 is 0 Å². The molecule has 0 aliphatic heterocycles. The molecule has 16 heavy (non-hydrogen) atoms. The molecular formula is C13H16N2O. The normalized spacial score (nSPS) is 10.7. The molecule has 1 aromatic carbocycles. The fourth-order valence-electron chi connectivity index (χ4n) is 1.78. The highest BCUT2D eigenvalue weighted by Gasteiger charge is 2.07. The Morgan fingerprint density at radius 1 is 1.25 bits per heavy atom. The number of aromatic amines is 1. The lowest BCUT2D eigenvalue weighted by molar-refractivity contribution is 0.272. The van der Waals surface area contributed by atoms with Crippen molar-refractivity contribution in [3.05, 3.63) is 41.3 Å². The van der Waals surface area contributed by atoms with Gasteiger partial charge >= 0.3 is 0 Å². The van der Waals surface area contributed by atoms with E-state index < -0.39 is 0 Å². The van der Waals surface area contributed by atoms with Gasteiger partial charge in [0.25, 0.3) is 0 Å². The average Bonchev–Trinajstić information content (AvgIpc) is 2.71. The number of aliphatic hydroxyl groups is 1. The number of imidazole rings is 1. The first-order valence-electron chi connectivity index (χ1n) is 5.50. The van der Waals surface area contributed by atoms with Gasteiger partial charge in [-0.3, -0.25) is 0 Å². The molecule has 0 atom stereocenters. The standard InChI is InChI=1S/C13H16N2O/c1-3-10-4-6-11(7-5-10)13-9(2)14-12(8-16)15-13/h4-7,16H,3,8H2,1-2H3,(H,14,15). The van der Waals surface area contributed by atoms with E-state index in [-0.39, 0.29) is 6.61 Å². The maximum atomic E-state index is 9.01. The van der Waals surface area contributed by atoms with Gasteiger partial charge in [-0.25, -0.2) is 4.98 Å². The maximum Gasteiger partial charge on any atom is 0.132 e. The van der Waals surface area contributed by atoms with Gasteiger partial charge in [-0.2, -0.15) is 0 Å². The second-order valence-corrected chi connectivity index (χ2v) is 3.87. The van der Waals surface area contributed by atoms with Crippen LogP contribution in [0.1, 0.15) is 24.0 Å². The molecule has 1 heterocycles. The summed E-state index contributed by atoms with van der Waals surface area (Å²) >= 11 is 0. The lowest BCUT2D eigenvalue weighted by Crippen LogP contribution is -1.85. The van der Waals surface area contributed by atoms with Crippen molar-refractivity contribution >= 4 is 0 Å². The summed E-state index contributed by atoms with van der Waals surface area (Å²) in [7, 11) is 0. The van der Waals surface area contributed by atoms with Crippen molar-refractivity contribution in [3.8, 4) is 11.3 Å². The van der Waals surface area contributed by atoms with Gasteiger partial charge in [0.05, 0.1) is 5.69 Å². The number of rotatable bonds is 3. The van der Waals surface area contributed by atoms with Gasteiger partial charge in [0.15, 0.2) is 0 Å². The zero-order valence-corrected chi connectivity index (χ0v) is 9.62. The lowest BCUT2D eigenvalue weighted by atomic mass is 10.1. The van der Waals surface area contributed by atoms with Crippen LogP contribution in [0, 0.1) is 6.92 Å². The van der Waals surface area contributed by atoms with Crippen LogP contribution in [0.3, 0.4) is 0 Å². The van der Waals surface area contributed by atoms with Crippen molar-refractivity contribution in [2.75, 3.05) is 0 Å². The number of aromatic nitrogens is 2. The van der Waals surface area contributed by atoms with Crippen LogP contribution in [0.15, 0.2) is 24.3 Å². The summed E-state index contributed by atoms with van der Waals surface area (Å²) in [6.45, 7) is 4.06. The molecule has 2 aromatic rings. The van der Waals surface area contributed by atoms with Gasteiger partial charge in [0.1, 0.15) is 12.4 Å². The molecule has 0 amide bonds. The predicted molar refractivity (Wildman–Crippen MR) is 64.1 cm³/mol. The third-order valence-corrected chi connectivity index (χ3v) is 2.72. The maximum absolute atomic E-state index is 9.01. The molecule has 0 radical (unpaired) electrons. The van der Waals surface area contributed by atoms with Crippen LogP contribution in [0.5, 0.6) is 0 Å². The Morgan fingerprint density at radius 3 is 2.44 bits per heavy atom. The van der Waals surface area contributed by atoms with Crippen molar-refractivity contribution in [2.45, 2.75) is 26.9 Å². The van der Waals surface area contributed by atoms with Gasteiger partial charge in [0.2, 0.25) is 0 Å². The third-order valence-electron chi connectivity index (χ3n) is 2.72. The molecule has 2 N–H and O–H groups in total. The second kappa shape index (κ2) is 4.49. The Hall–Kier alpha value is -1.61. The first-order chi connectivity index (χ1) is 7.74. The van der Waals surface area contributed by atoms with E-state index in [0.29, 0.717) is 5.82 Å². The SMILES string of the molecule is CCc1ccc(-c2nc(CO)[nH]c2C)cc1. The van der Waals surface area contributed by atoms with Crippen LogP contribution in [0.4, 0.5) is 0 Å². The Bertz CT molecular complexity index is 471. The topological polar surface area (TPSA) is 48.9 Å². The monoisotopic (exact) mass is 216 g/mol. The minimum Gasteiger partial charge on any atom is -0.388 e. The Balaban J connectivity index is 2.38. The fraction of sp³-hybridized carbons (Fsp3) is 0.308. The highest BCUT2D eigenvalue weighted by Crippen LogP contribution is 2.21. The van der Waals surface area contributed by atoms with Gasteiger partial charge < -0.3 is 10.1 Å². The molecule has 2 rings (SSSR count). The molecule has 0 aliphatic carbocycles. The fourth-order valence-corrected chi connectivity index (χ4v) is 1.78. The zero-order valence-electron chi connectivity index (χ0n) is 9.62. The molecule has 1 aromatic heterocycles. The summed E-state index contributed by atoms with van der Waals surface area (Å²) in [5.74, 6) is 0.618. The molecule has 3 heteroatoms. The van der Waals surface area contributed by atoms with Crippen molar-refractivity contribution < 1.29 is 5.11 Å². The Morgan fingerprint density at radius 2 is 1.94 bits per heavy atom. The van der Waals surface area contributed by atoms with E-state index >= 15 is 0 Å². The van der Waals surface area contributed by atoms with Crippen molar-refractivity contribution in [3.63, 3.8) is 0 Å². The van der Waals surface area contributed by atoms with E-state index in [2.05, 4.69) is 41.2 Å². The highest BCUT2D eigenvalue weighted by atomic mass is 16.3. The van der Waals surface area contributed by atoms with E-state index in [4.69, 9.17) is 5.11 Å². The molecule has 0 aliphatic rings. The first-order valence-corrected chi connectivity index (χ1v) is 5.50. The number of nitrogens with one attached hydrogen (secondary N) is 1. The average molecular weight is 216 g/mol. The largest absolute Gasteiger partial charge is 0.388 e. The zero-order chi connectivity index (χ0) is 11.5. The molecule has 0 fully saturated rings. The minimum atomic E-state index is -0.0477. The molecule has 0 spiro atoms. The number of benzene rings is 1. The second-order valence-electron chi connectivity index (χ2n) is 3.87. The van der Waals surface area contributed by atoms with E-state index in [1.165, 1.54) is 5.56 Å². The number of nitrogens with zero attached hydrogens (tertiary/aromatic N) is 1. The van der Waals surface area contributed by atoms with E-state index in [9.17, 15) is 0 Å². The molecule has 0 saturated carbocycles. The van der Waals surface area contributed by atoms with Crippen LogP contribution >= 0.6 is 0 Å². The van der Waals surface area contributed by atoms with E-state index in [1.807, 2.05) is 6.92 Å². The van der Waals surface area contributed by atoms with E-state index in [0.717, 1.165) is 23.4 Å². The molecule has 0 bridgehead atoms. The summed E-state index contributed by atoms with van der Waals surface area (Å²) < 4.78 is 0. The van der Waals surface area contributed by atoms with Crippen LogP contribution in [-0.4, -0.2) is 15.1 Å². The summed E-state index contributed by atoms with van der Waals surface area (Å²) in [4.78, 5) is 7.41. The molecular weight excluding hydrogens is 200 g/mol. The summed E-state index contributed by atoms with van der Waals surface area (Å²) in [6.07, 6.45) is 1.04. The molecule has 84 valence electrons. The van der Waals surface area contributed by atoms with Crippen molar-refractivity contribution in [1.82, 2.24) is 9.97 Å². The summed E-state index contributed by atoms with van der Waals surface area (Å²) in [5.41, 5.74) is 4.32. The number of H-pyrrole nitrogens is 1. The Labute approximate surface area is 95.2 Å². The highest BCUT2D eigenvalue weighted by molar-refractivity contribution is 5.62. The van der Waals surface area contributed by atoms with Crippen LogP contribution in [-0.2, 0) is 13.0 Å². The predicted octanol–water partition coefficient (Wildman–Crippen LogP) is 2.44.